The van der Waals surface area contributed by atoms with Crippen molar-refractivity contribution in [2.75, 3.05) is 21.3 Å². The molecule has 1 aliphatic carbocycles. The number of carboxylic acids is 1. The zero-order valence-corrected chi connectivity index (χ0v) is 30.9. The number of carboxylic acid groups (broad SMARTS) is 1. The number of aryl methyl sites for hydroxylation is 3. The average Bonchev–Trinajstić information content (AvgIpc) is 3.79. The molecule has 3 aromatic rings. The van der Waals surface area contributed by atoms with Gasteiger partial charge in [0.05, 0.1) is 55.1 Å². The number of hydrogen-bond donors (Lipinski definition) is 3. The Morgan fingerprint density at radius 1 is 0.811 bits per heavy atom. The molecule has 6 rings (SSSR count). The summed E-state index contributed by atoms with van der Waals surface area (Å²) in [7, 11) is 3.96. The maximum absolute atomic E-state index is 13.5. The van der Waals surface area contributed by atoms with Crippen LogP contribution in [0.4, 0.5) is 0 Å². The van der Waals surface area contributed by atoms with Gasteiger partial charge in [-0.15, -0.1) is 0 Å². The number of esters is 3. The van der Waals surface area contributed by atoms with Gasteiger partial charge in [0, 0.05) is 40.5 Å². The molecule has 0 saturated carbocycles. The second kappa shape index (κ2) is 14.2. The lowest BCUT2D eigenvalue weighted by Crippen LogP contribution is -2.42. The van der Waals surface area contributed by atoms with Gasteiger partial charge in [-0.2, -0.15) is 0 Å². The predicted molar refractivity (Wildman–Crippen MR) is 201 cm³/mol. The topological polar surface area (TPSA) is 174 Å². The molecular weight excluding hydrogens is 676 g/mol. The molecule has 0 amide bonds. The molecule has 53 heavy (non-hydrogen) atoms. The molecule has 3 N–H and O–H groups in total. The molecule has 2 unspecified atom stereocenters. The number of nitrogens with zero attached hydrogens (tertiary/aromatic N) is 2. The van der Waals surface area contributed by atoms with E-state index in [1.165, 1.54) is 27.4 Å². The second-order valence-electron chi connectivity index (χ2n) is 13.5. The van der Waals surface area contributed by atoms with Gasteiger partial charge in [0.25, 0.3) is 0 Å². The van der Waals surface area contributed by atoms with Gasteiger partial charge in [-0.05, 0) is 98.2 Å². The van der Waals surface area contributed by atoms with Gasteiger partial charge in [-0.1, -0.05) is 24.8 Å². The summed E-state index contributed by atoms with van der Waals surface area (Å²) in [4.78, 5) is 67.9. The van der Waals surface area contributed by atoms with Gasteiger partial charge < -0.3 is 29.3 Å². The molecule has 5 heterocycles. The third-order valence-electron chi connectivity index (χ3n) is 10.8. The van der Waals surface area contributed by atoms with Crippen LogP contribution in [0.5, 0.6) is 0 Å². The number of aromatic nitrogens is 4. The normalized spacial score (nSPS) is 17.8. The van der Waals surface area contributed by atoms with Gasteiger partial charge in [-0.25, -0.2) is 9.78 Å². The van der Waals surface area contributed by atoms with Crippen LogP contribution in [0.1, 0.15) is 78.1 Å². The van der Waals surface area contributed by atoms with E-state index in [0.717, 1.165) is 44.4 Å². The van der Waals surface area contributed by atoms with Crippen LogP contribution in [-0.2, 0) is 45.2 Å². The molecule has 8 bridgehead atoms. The summed E-state index contributed by atoms with van der Waals surface area (Å²) in [6, 6.07) is 7.59. The van der Waals surface area contributed by atoms with E-state index < -0.39 is 23.3 Å². The lowest BCUT2D eigenvalue weighted by molar-refractivity contribution is -0.148. The smallest absolute Gasteiger partial charge is 0.332 e. The van der Waals surface area contributed by atoms with E-state index in [9.17, 15) is 24.3 Å². The summed E-state index contributed by atoms with van der Waals surface area (Å²) in [6.45, 7) is 11.8. The third kappa shape index (κ3) is 6.28. The Morgan fingerprint density at radius 2 is 1.43 bits per heavy atom. The number of nitrogens with one attached hydrogen (secondary N) is 2. The first-order valence-corrected chi connectivity index (χ1v) is 17.2. The van der Waals surface area contributed by atoms with Crippen molar-refractivity contribution in [3.8, 4) is 0 Å². The number of rotatable bonds is 9. The van der Waals surface area contributed by atoms with Crippen LogP contribution >= 0.6 is 0 Å². The predicted octanol–water partition coefficient (Wildman–Crippen LogP) is 6.72. The summed E-state index contributed by atoms with van der Waals surface area (Å²) in [5, 5.41) is 10.2. The first-order chi connectivity index (χ1) is 25.3. The number of H-pyrrole nitrogens is 2. The van der Waals surface area contributed by atoms with Crippen molar-refractivity contribution in [3.63, 3.8) is 0 Å². The van der Waals surface area contributed by atoms with Crippen molar-refractivity contribution in [1.82, 2.24) is 19.9 Å². The van der Waals surface area contributed by atoms with Crippen LogP contribution in [0.25, 0.3) is 44.9 Å². The highest BCUT2D eigenvalue weighted by atomic mass is 16.5. The van der Waals surface area contributed by atoms with Crippen LogP contribution in [-0.4, -0.2) is 70.2 Å². The fourth-order valence-corrected chi connectivity index (χ4v) is 7.67. The summed E-state index contributed by atoms with van der Waals surface area (Å²) in [5.41, 5.74) is 9.69. The molecule has 2 aliphatic heterocycles. The first-order valence-electron chi connectivity index (χ1n) is 17.2. The monoisotopic (exact) mass is 718 g/mol. The highest BCUT2D eigenvalue weighted by molar-refractivity contribution is 6.01. The summed E-state index contributed by atoms with van der Waals surface area (Å²) < 4.78 is 15.1. The fraction of sp³-hybridized carbons (Fsp3) is 0.317. The fourth-order valence-electron chi connectivity index (χ4n) is 7.67. The standard InChI is InChI=1S/C41H42N4O8/c1-9-23-20(2)28-16-29-21(3)24(11-14-36(46)51-6)31(42-29)18-32-25(12-15-37(47)52-7)22(4)30(43-32)17-34-27-13-10-26(39(48)49)38(40(50)53-8)41(27,5)35(45-34)19-33(23)44-28/h9-10,13,16-19,38,43-44H,1,11-12,14-15H2,2-8H3,(H,48,49). The van der Waals surface area contributed by atoms with Gasteiger partial charge in [0.15, 0.2) is 0 Å². The Labute approximate surface area is 306 Å². The Kier molecular flexibility index (Phi) is 9.83. The number of carbonyl (C=O) groups is 4. The number of hydrogen-bond acceptors (Lipinski definition) is 9. The van der Waals surface area contributed by atoms with E-state index in [2.05, 4.69) is 16.5 Å². The molecule has 3 aromatic heterocycles. The molecule has 12 nitrogen and oxygen atoms in total. The van der Waals surface area contributed by atoms with Crippen molar-refractivity contribution >= 4 is 68.7 Å². The van der Waals surface area contributed by atoms with Crippen molar-refractivity contribution in [1.29, 1.82) is 0 Å². The number of aliphatic carboxylic acids is 1. The van der Waals surface area contributed by atoms with E-state index in [0.29, 0.717) is 52.2 Å². The van der Waals surface area contributed by atoms with E-state index in [1.54, 1.807) is 12.2 Å². The highest BCUT2D eigenvalue weighted by Crippen LogP contribution is 2.52. The molecular formula is C41H42N4O8. The minimum atomic E-state index is -1.23. The molecule has 0 aromatic carbocycles. The van der Waals surface area contributed by atoms with Crippen molar-refractivity contribution in [2.45, 2.75) is 58.8 Å². The van der Waals surface area contributed by atoms with Crippen molar-refractivity contribution in [2.24, 2.45) is 5.92 Å². The number of allylic oxidation sites excluding steroid dienone is 5. The average molecular weight is 719 g/mol. The zero-order chi connectivity index (χ0) is 38.4. The van der Waals surface area contributed by atoms with Gasteiger partial charge in [0.1, 0.15) is 5.92 Å². The maximum atomic E-state index is 13.5. The molecule has 0 radical (unpaired) electrons. The first kappa shape index (κ1) is 36.7. The van der Waals surface area contributed by atoms with E-state index in [-0.39, 0.29) is 30.4 Å². The minimum absolute atomic E-state index is 0.105. The highest BCUT2D eigenvalue weighted by Gasteiger charge is 2.53. The molecule has 274 valence electrons. The Balaban J connectivity index is 1.76. The van der Waals surface area contributed by atoms with Crippen LogP contribution in [0.3, 0.4) is 0 Å². The lowest BCUT2D eigenvalue weighted by atomic mass is 9.64. The third-order valence-corrected chi connectivity index (χ3v) is 10.8. The van der Waals surface area contributed by atoms with E-state index >= 15 is 0 Å². The van der Waals surface area contributed by atoms with Gasteiger partial charge in [-0.3, -0.25) is 19.4 Å². The number of fused-ring (bicyclic) bond motifs is 11. The lowest BCUT2D eigenvalue weighted by Gasteiger charge is -2.36. The molecule has 0 spiro atoms. The van der Waals surface area contributed by atoms with Crippen LogP contribution in [0.2, 0.25) is 0 Å². The molecule has 0 saturated heterocycles. The SMILES string of the molecule is C=Cc1c(C)c2cc3nc(cc4[nH]c(cc5nc(cc1[nH]2)C1(C)C5=CC=C(C(=O)O)C1C(=O)OC)c(C)c4CCC(=O)OC)C(CCC(=O)OC)=C3C. The van der Waals surface area contributed by atoms with Crippen molar-refractivity contribution < 1.29 is 38.5 Å². The van der Waals surface area contributed by atoms with Gasteiger partial charge >= 0.3 is 23.9 Å². The Morgan fingerprint density at radius 3 is 2.08 bits per heavy atom. The summed E-state index contributed by atoms with van der Waals surface area (Å²) >= 11 is 0. The number of carbonyl (C=O) groups excluding carboxylic acids is 3. The number of aromatic amines is 2. The van der Waals surface area contributed by atoms with Crippen LogP contribution < -0.4 is 0 Å². The quantitative estimate of drug-likeness (QED) is 0.159. The number of methoxy groups -OCH3 is 3. The van der Waals surface area contributed by atoms with E-state index in [1.807, 2.05) is 52.0 Å². The van der Waals surface area contributed by atoms with Crippen LogP contribution in [0.15, 0.2) is 48.6 Å². The molecule has 2 atom stereocenters. The summed E-state index contributed by atoms with van der Waals surface area (Å²) in [5.74, 6) is -3.82. The van der Waals surface area contributed by atoms with Gasteiger partial charge in [0.2, 0.25) is 0 Å². The Bertz CT molecular complexity index is 2370. The molecule has 3 aliphatic rings. The molecule has 12 heteroatoms. The molecule has 0 fully saturated rings. The zero-order valence-electron chi connectivity index (χ0n) is 30.9. The minimum Gasteiger partial charge on any atom is -0.478 e. The van der Waals surface area contributed by atoms with E-state index in [4.69, 9.17) is 24.2 Å². The van der Waals surface area contributed by atoms with Crippen molar-refractivity contribution in [3.05, 3.63) is 93.6 Å². The Hall–Kier alpha value is -6.04. The largest absolute Gasteiger partial charge is 0.478 e. The summed E-state index contributed by atoms with van der Waals surface area (Å²) in [6.07, 6.45) is 5.95. The van der Waals surface area contributed by atoms with Crippen LogP contribution in [0, 0.1) is 19.8 Å². The number of ether oxygens (including phenoxy) is 3. The second-order valence-corrected chi connectivity index (χ2v) is 13.5. The maximum Gasteiger partial charge on any atom is 0.332 e.